The van der Waals surface area contributed by atoms with Gasteiger partial charge in [0.05, 0.1) is 19.3 Å². The third-order valence-electron chi connectivity index (χ3n) is 3.21. The van der Waals surface area contributed by atoms with Crippen LogP contribution in [0.1, 0.15) is 47.7 Å². The first-order chi connectivity index (χ1) is 9.63. The number of aliphatic hydroxyl groups excluding tert-OH is 1. The molecule has 0 bridgehead atoms. The van der Waals surface area contributed by atoms with Gasteiger partial charge in [-0.1, -0.05) is 19.8 Å². The lowest BCUT2D eigenvalue weighted by Gasteiger charge is -2.13. The van der Waals surface area contributed by atoms with Gasteiger partial charge in [0, 0.05) is 0 Å². The molecule has 0 unspecified atom stereocenters. The van der Waals surface area contributed by atoms with E-state index in [9.17, 15) is 4.79 Å². The van der Waals surface area contributed by atoms with E-state index in [0.717, 1.165) is 42.6 Å². The summed E-state index contributed by atoms with van der Waals surface area (Å²) in [5.41, 5.74) is 2.43. The van der Waals surface area contributed by atoms with Gasteiger partial charge < -0.3 is 14.6 Å². The minimum absolute atomic E-state index is 0.0261. The van der Waals surface area contributed by atoms with Crippen LogP contribution in [0.4, 0.5) is 0 Å². The van der Waals surface area contributed by atoms with Gasteiger partial charge in [-0.2, -0.15) is 0 Å². The lowest BCUT2D eigenvalue weighted by molar-refractivity contribution is 0.0432. The third-order valence-corrected chi connectivity index (χ3v) is 3.21. The van der Waals surface area contributed by atoms with Crippen molar-refractivity contribution in [2.75, 3.05) is 20.3 Å². The van der Waals surface area contributed by atoms with Crippen molar-refractivity contribution in [1.82, 2.24) is 0 Å². The SMILES string of the molecule is CCCCCc1cc(OC)c(C)cc1C(=O)OCCO. The van der Waals surface area contributed by atoms with Crippen LogP contribution < -0.4 is 4.74 Å². The molecule has 0 aliphatic carbocycles. The maximum Gasteiger partial charge on any atom is 0.338 e. The molecule has 0 spiro atoms. The van der Waals surface area contributed by atoms with E-state index in [4.69, 9.17) is 14.6 Å². The van der Waals surface area contributed by atoms with Crippen LogP contribution in [0.25, 0.3) is 0 Å². The van der Waals surface area contributed by atoms with Gasteiger partial charge in [-0.3, -0.25) is 0 Å². The Hall–Kier alpha value is -1.55. The Morgan fingerprint density at radius 3 is 2.65 bits per heavy atom. The van der Waals surface area contributed by atoms with Gasteiger partial charge >= 0.3 is 5.97 Å². The summed E-state index contributed by atoms with van der Waals surface area (Å²) in [6.07, 6.45) is 4.12. The van der Waals surface area contributed by atoms with E-state index < -0.39 is 0 Å². The Morgan fingerprint density at radius 2 is 2.05 bits per heavy atom. The molecule has 1 aromatic carbocycles. The van der Waals surface area contributed by atoms with Crippen molar-refractivity contribution >= 4 is 5.97 Å². The Balaban J connectivity index is 2.98. The monoisotopic (exact) mass is 280 g/mol. The van der Waals surface area contributed by atoms with Gasteiger partial charge in [0.25, 0.3) is 0 Å². The average molecular weight is 280 g/mol. The maximum atomic E-state index is 12.0. The van der Waals surface area contributed by atoms with Crippen molar-refractivity contribution in [2.24, 2.45) is 0 Å². The molecule has 0 aromatic heterocycles. The van der Waals surface area contributed by atoms with Gasteiger partial charge in [-0.05, 0) is 43.0 Å². The summed E-state index contributed by atoms with van der Waals surface area (Å²) in [6.45, 7) is 3.91. The molecule has 0 heterocycles. The number of ether oxygens (including phenoxy) is 2. The minimum Gasteiger partial charge on any atom is -0.496 e. The molecule has 0 fully saturated rings. The molecule has 0 aliphatic rings. The highest BCUT2D eigenvalue weighted by molar-refractivity contribution is 5.91. The quantitative estimate of drug-likeness (QED) is 0.587. The normalized spacial score (nSPS) is 10.4. The summed E-state index contributed by atoms with van der Waals surface area (Å²) in [5.74, 6) is 0.409. The summed E-state index contributed by atoms with van der Waals surface area (Å²) in [5, 5.41) is 8.74. The second-order valence-electron chi connectivity index (χ2n) is 4.80. The number of aliphatic hydroxyl groups is 1. The molecule has 1 N–H and O–H groups in total. The summed E-state index contributed by atoms with van der Waals surface area (Å²) in [7, 11) is 1.63. The predicted molar refractivity (Wildman–Crippen MR) is 78.3 cm³/mol. The molecule has 0 atom stereocenters. The molecule has 4 heteroatoms. The third kappa shape index (κ3) is 4.53. The number of methoxy groups -OCH3 is 1. The summed E-state index contributed by atoms with van der Waals surface area (Å²) >= 11 is 0. The fourth-order valence-electron chi connectivity index (χ4n) is 2.13. The highest BCUT2D eigenvalue weighted by atomic mass is 16.5. The van der Waals surface area contributed by atoms with Crippen LogP contribution in [0.5, 0.6) is 5.75 Å². The number of aryl methyl sites for hydroxylation is 2. The van der Waals surface area contributed by atoms with E-state index in [1.54, 1.807) is 13.2 Å². The van der Waals surface area contributed by atoms with Crippen LogP contribution in [-0.4, -0.2) is 31.4 Å². The number of hydrogen-bond acceptors (Lipinski definition) is 4. The molecule has 4 nitrogen and oxygen atoms in total. The largest absolute Gasteiger partial charge is 0.496 e. The van der Waals surface area contributed by atoms with Crippen LogP contribution in [0.3, 0.4) is 0 Å². The zero-order chi connectivity index (χ0) is 15.0. The summed E-state index contributed by atoms with van der Waals surface area (Å²) in [4.78, 5) is 12.0. The molecule has 20 heavy (non-hydrogen) atoms. The fourth-order valence-corrected chi connectivity index (χ4v) is 2.13. The second-order valence-corrected chi connectivity index (χ2v) is 4.80. The smallest absolute Gasteiger partial charge is 0.338 e. The van der Waals surface area contributed by atoms with E-state index in [1.807, 2.05) is 13.0 Å². The van der Waals surface area contributed by atoms with Crippen LogP contribution >= 0.6 is 0 Å². The van der Waals surface area contributed by atoms with E-state index >= 15 is 0 Å². The van der Waals surface area contributed by atoms with E-state index in [2.05, 4.69) is 6.92 Å². The number of hydrogen-bond donors (Lipinski definition) is 1. The minimum atomic E-state index is -0.378. The number of unbranched alkanes of at least 4 members (excludes halogenated alkanes) is 2. The van der Waals surface area contributed by atoms with Crippen LogP contribution in [-0.2, 0) is 11.2 Å². The molecule has 0 saturated carbocycles. The number of carbonyl (C=O) groups excluding carboxylic acids is 1. The molecule has 0 saturated heterocycles. The number of esters is 1. The Morgan fingerprint density at radius 1 is 1.30 bits per heavy atom. The lowest BCUT2D eigenvalue weighted by Crippen LogP contribution is -2.12. The van der Waals surface area contributed by atoms with Crippen LogP contribution in [0, 0.1) is 6.92 Å². The van der Waals surface area contributed by atoms with Gasteiger partial charge in [-0.15, -0.1) is 0 Å². The van der Waals surface area contributed by atoms with Crippen molar-refractivity contribution in [1.29, 1.82) is 0 Å². The standard InChI is InChI=1S/C16H24O4/c1-4-5-6-7-13-11-15(19-3)12(2)10-14(13)16(18)20-9-8-17/h10-11,17H,4-9H2,1-3H3. The van der Waals surface area contributed by atoms with Gasteiger partial charge in [-0.25, -0.2) is 4.79 Å². The molecule has 112 valence electrons. The van der Waals surface area contributed by atoms with Crippen molar-refractivity contribution in [3.63, 3.8) is 0 Å². The highest BCUT2D eigenvalue weighted by Gasteiger charge is 2.15. The second kappa shape index (κ2) is 8.59. The van der Waals surface area contributed by atoms with E-state index in [-0.39, 0.29) is 19.2 Å². The summed E-state index contributed by atoms with van der Waals surface area (Å²) in [6, 6.07) is 3.72. The zero-order valence-electron chi connectivity index (χ0n) is 12.6. The molecule has 0 radical (unpaired) electrons. The molecule has 1 aromatic rings. The number of rotatable bonds is 8. The molecule has 0 aliphatic heterocycles. The molecular formula is C16H24O4. The number of benzene rings is 1. The lowest BCUT2D eigenvalue weighted by atomic mass is 9.98. The first-order valence-corrected chi connectivity index (χ1v) is 7.09. The van der Waals surface area contributed by atoms with Crippen molar-refractivity contribution < 1.29 is 19.4 Å². The Bertz CT molecular complexity index is 440. The number of carbonyl (C=O) groups is 1. The Labute approximate surface area is 120 Å². The first-order valence-electron chi connectivity index (χ1n) is 7.09. The van der Waals surface area contributed by atoms with Crippen LogP contribution in [0.2, 0.25) is 0 Å². The highest BCUT2D eigenvalue weighted by Crippen LogP contribution is 2.25. The molecule has 1 rings (SSSR count). The van der Waals surface area contributed by atoms with Crippen molar-refractivity contribution in [3.8, 4) is 5.75 Å². The predicted octanol–water partition coefficient (Wildman–Crippen LogP) is 2.89. The fraction of sp³-hybridized carbons (Fsp3) is 0.562. The van der Waals surface area contributed by atoms with Crippen molar-refractivity contribution in [2.45, 2.75) is 39.5 Å². The molecule has 0 amide bonds. The summed E-state index contributed by atoms with van der Waals surface area (Å²) < 4.78 is 10.3. The van der Waals surface area contributed by atoms with Gasteiger partial charge in [0.2, 0.25) is 0 Å². The van der Waals surface area contributed by atoms with Crippen molar-refractivity contribution in [3.05, 3.63) is 28.8 Å². The van der Waals surface area contributed by atoms with Gasteiger partial charge in [0.1, 0.15) is 12.4 Å². The average Bonchev–Trinajstić information content (AvgIpc) is 2.46. The van der Waals surface area contributed by atoms with E-state index in [1.165, 1.54) is 0 Å². The Kier molecular flexibility index (Phi) is 7.09. The topological polar surface area (TPSA) is 55.8 Å². The first kappa shape index (κ1) is 16.5. The maximum absolute atomic E-state index is 12.0. The molecular weight excluding hydrogens is 256 g/mol. The van der Waals surface area contributed by atoms with Gasteiger partial charge in [0.15, 0.2) is 0 Å². The van der Waals surface area contributed by atoms with Crippen LogP contribution in [0.15, 0.2) is 12.1 Å². The zero-order valence-corrected chi connectivity index (χ0v) is 12.6. The van der Waals surface area contributed by atoms with E-state index in [0.29, 0.717) is 5.56 Å².